The van der Waals surface area contributed by atoms with Gasteiger partial charge in [-0.1, -0.05) is 24.3 Å². The van der Waals surface area contributed by atoms with E-state index < -0.39 is 0 Å². The van der Waals surface area contributed by atoms with Gasteiger partial charge in [-0.2, -0.15) is 0 Å². The highest BCUT2D eigenvalue weighted by molar-refractivity contribution is 6.35. The van der Waals surface area contributed by atoms with E-state index in [2.05, 4.69) is 16.2 Å². The van der Waals surface area contributed by atoms with Gasteiger partial charge in [-0.15, -0.1) is 12.3 Å². The number of anilines is 2. The van der Waals surface area contributed by atoms with Crippen molar-refractivity contribution < 1.29 is 9.59 Å². The second-order valence-electron chi connectivity index (χ2n) is 6.39. The number of carbonyl (C=O) groups is 2. The first-order valence-electron chi connectivity index (χ1n) is 8.89. The summed E-state index contributed by atoms with van der Waals surface area (Å²) in [6, 6.07) is 16.7. The van der Waals surface area contributed by atoms with Crippen LogP contribution in [0.25, 0.3) is 16.5 Å². The molecule has 28 heavy (non-hydrogen) atoms. The van der Waals surface area contributed by atoms with Crippen LogP contribution in [0.15, 0.2) is 66.9 Å². The van der Waals surface area contributed by atoms with Crippen LogP contribution in [0.2, 0.25) is 0 Å². The van der Waals surface area contributed by atoms with E-state index in [4.69, 9.17) is 6.42 Å². The molecule has 1 aliphatic heterocycles. The van der Waals surface area contributed by atoms with Crippen LogP contribution >= 0.6 is 0 Å². The number of terminal acetylenes is 1. The van der Waals surface area contributed by atoms with Gasteiger partial charge >= 0.3 is 0 Å². The Kier molecular flexibility index (Phi) is 4.61. The molecule has 5 heteroatoms. The number of pyridine rings is 1. The molecular weight excluding hydrogens is 350 g/mol. The maximum absolute atomic E-state index is 12.8. The standard InChI is InChI=1S/C23H17N3O2/c1-2-3-13-26-21-9-5-4-8-18(21)19(23(26)28)15-22(27)25-17-10-11-20-16(14-17)7-6-12-24-20/h1,4-12,14-15H,3,13H2,(H,25,27)/b19-15+. The SMILES string of the molecule is C#CCCN1C(=O)/C(=C/C(=O)Nc2ccc3ncccc3c2)c2ccccc21. The number of nitrogens with one attached hydrogen (secondary N) is 1. The van der Waals surface area contributed by atoms with Crippen molar-refractivity contribution in [2.45, 2.75) is 6.42 Å². The average molecular weight is 367 g/mol. The molecule has 0 fully saturated rings. The van der Waals surface area contributed by atoms with Crippen molar-refractivity contribution in [3.05, 3.63) is 72.4 Å². The van der Waals surface area contributed by atoms with Crippen LogP contribution in [0.5, 0.6) is 0 Å². The summed E-state index contributed by atoms with van der Waals surface area (Å²) < 4.78 is 0. The van der Waals surface area contributed by atoms with Gasteiger partial charge in [-0.05, 0) is 30.3 Å². The number of nitrogens with zero attached hydrogens (tertiary/aromatic N) is 2. The fraction of sp³-hybridized carbons (Fsp3) is 0.0870. The number of amides is 2. The zero-order valence-electron chi connectivity index (χ0n) is 15.1. The summed E-state index contributed by atoms with van der Waals surface area (Å²) >= 11 is 0. The lowest BCUT2D eigenvalue weighted by Crippen LogP contribution is -2.27. The number of para-hydroxylation sites is 1. The molecule has 0 spiro atoms. The quantitative estimate of drug-likeness (QED) is 0.566. The second-order valence-corrected chi connectivity index (χ2v) is 6.39. The Morgan fingerprint density at radius 3 is 2.89 bits per heavy atom. The van der Waals surface area contributed by atoms with Crippen LogP contribution in [0.3, 0.4) is 0 Å². The van der Waals surface area contributed by atoms with Crippen LogP contribution in [0.4, 0.5) is 11.4 Å². The molecule has 0 aliphatic carbocycles. The van der Waals surface area contributed by atoms with Gasteiger partial charge < -0.3 is 10.2 Å². The van der Waals surface area contributed by atoms with Crippen LogP contribution in [0.1, 0.15) is 12.0 Å². The molecule has 0 saturated carbocycles. The average Bonchev–Trinajstić information content (AvgIpc) is 2.97. The molecule has 2 amide bonds. The van der Waals surface area contributed by atoms with Crippen molar-refractivity contribution in [3.63, 3.8) is 0 Å². The summed E-state index contributed by atoms with van der Waals surface area (Å²) in [6.07, 6.45) is 8.86. The summed E-state index contributed by atoms with van der Waals surface area (Å²) in [6.45, 7) is 0.420. The Hall–Kier alpha value is -3.91. The molecule has 4 rings (SSSR count). The number of rotatable bonds is 4. The maximum atomic E-state index is 12.8. The number of aromatic nitrogens is 1. The fourth-order valence-electron chi connectivity index (χ4n) is 3.31. The Labute approximate surface area is 162 Å². The van der Waals surface area contributed by atoms with Crippen molar-refractivity contribution in [1.29, 1.82) is 0 Å². The Balaban J connectivity index is 1.61. The molecule has 1 aromatic heterocycles. The van der Waals surface area contributed by atoms with Gasteiger partial charge in [0.25, 0.3) is 5.91 Å². The minimum Gasteiger partial charge on any atom is -0.322 e. The van der Waals surface area contributed by atoms with Crippen molar-refractivity contribution in [2.24, 2.45) is 0 Å². The largest absolute Gasteiger partial charge is 0.322 e. The topological polar surface area (TPSA) is 62.3 Å². The number of fused-ring (bicyclic) bond motifs is 2. The minimum atomic E-state index is -0.361. The van der Waals surface area contributed by atoms with E-state index in [1.165, 1.54) is 6.08 Å². The summed E-state index contributed by atoms with van der Waals surface area (Å²) in [7, 11) is 0. The number of hydrogen-bond donors (Lipinski definition) is 1. The first kappa shape index (κ1) is 17.5. The van der Waals surface area contributed by atoms with Crippen LogP contribution in [-0.4, -0.2) is 23.3 Å². The maximum Gasteiger partial charge on any atom is 0.259 e. The summed E-state index contributed by atoms with van der Waals surface area (Å²) in [5, 5.41) is 3.75. The Bertz CT molecular complexity index is 1160. The molecule has 0 unspecified atom stereocenters. The predicted molar refractivity (Wildman–Crippen MR) is 111 cm³/mol. The van der Waals surface area contributed by atoms with Crippen molar-refractivity contribution in [2.75, 3.05) is 16.8 Å². The Morgan fingerprint density at radius 2 is 2.04 bits per heavy atom. The molecule has 0 saturated heterocycles. The van der Waals surface area contributed by atoms with E-state index in [0.717, 1.165) is 22.2 Å². The zero-order chi connectivity index (χ0) is 19.5. The van der Waals surface area contributed by atoms with Crippen LogP contribution < -0.4 is 10.2 Å². The third-order valence-electron chi connectivity index (χ3n) is 4.59. The summed E-state index contributed by atoms with van der Waals surface area (Å²) in [5.41, 5.74) is 3.38. The monoisotopic (exact) mass is 367 g/mol. The van der Waals surface area contributed by atoms with Gasteiger partial charge in [0, 0.05) is 41.9 Å². The lowest BCUT2D eigenvalue weighted by atomic mass is 10.1. The van der Waals surface area contributed by atoms with E-state index >= 15 is 0 Å². The van der Waals surface area contributed by atoms with Crippen molar-refractivity contribution >= 4 is 39.7 Å². The van der Waals surface area contributed by atoms with Gasteiger partial charge in [-0.25, -0.2) is 0 Å². The Morgan fingerprint density at radius 1 is 1.18 bits per heavy atom. The first-order chi connectivity index (χ1) is 13.7. The number of benzene rings is 2. The molecule has 2 heterocycles. The molecule has 1 N–H and O–H groups in total. The third-order valence-corrected chi connectivity index (χ3v) is 4.59. The fourth-order valence-corrected chi connectivity index (χ4v) is 3.31. The van der Waals surface area contributed by atoms with Gasteiger partial charge in [0.1, 0.15) is 0 Å². The van der Waals surface area contributed by atoms with E-state index in [1.807, 2.05) is 48.5 Å². The van der Waals surface area contributed by atoms with Crippen LogP contribution in [0, 0.1) is 12.3 Å². The first-order valence-corrected chi connectivity index (χ1v) is 8.89. The van der Waals surface area contributed by atoms with Gasteiger partial charge in [0.15, 0.2) is 0 Å². The highest BCUT2D eigenvalue weighted by atomic mass is 16.2. The smallest absolute Gasteiger partial charge is 0.259 e. The van der Waals surface area contributed by atoms with E-state index in [1.54, 1.807) is 17.2 Å². The van der Waals surface area contributed by atoms with Crippen LogP contribution in [-0.2, 0) is 9.59 Å². The lowest BCUT2D eigenvalue weighted by molar-refractivity contribution is -0.114. The van der Waals surface area contributed by atoms with Gasteiger partial charge in [0.05, 0.1) is 16.8 Å². The highest BCUT2D eigenvalue weighted by Gasteiger charge is 2.32. The van der Waals surface area contributed by atoms with Crippen molar-refractivity contribution in [3.8, 4) is 12.3 Å². The number of hydrogen-bond acceptors (Lipinski definition) is 3. The summed E-state index contributed by atoms with van der Waals surface area (Å²) in [4.78, 5) is 31.3. The van der Waals surface area contributed by atoms with Gasteiger partial charge in [-0.3, -0.25) is 14.6 Å². The predicted octanol–water partition coefficient (Wildman–Crippen LogP) is 3.63. The third kappa shape index (κ3) is 3.24. The summed E-state index contributed by atoms with van der Waals surface area (Å²) in [5.74, 6) is 1.98. The lowest BCUT2D eigenvalue weighted by Gasteiger charge is -2.15. The van der Waals surface area contributed by atoms with Gasteiger partial charge in [0.2, 0.25) is 5.91 Å². The molecule has 1 aliphatic rings. The number of carbonyl (C=O) groups excluding carboxylic acids is 2. The molecular formula is C23H17N3O2. The minimum absolute atomic E-state index is 0.214. The zero-order valence-corrected chi connectivity index (χ0v) is 15.1. The molecule has 0 radical (unpaired) electrons. The highest BCUT2D eigenvalue weighted by Crippen LogP contribution is 2.36. The second kappa shape index (κ2) is 7.37. The molecule has 2 aromatic carbocycles. The molecule has 0 bridgehead atoms. The molecule has 5 nitrogen and oxygen atoms in total. The molecule has 136 valence electrons. The molecule has 3 aromatic rings. The van der Waals surface area contributed by atoms with E-state index in [-0.39, 0.29) is 11.8 Å². The van der Waals surface area contributed by atoms with E-state index in [9.17, 15) is 9.59 Å². The molecule has 0 atom stereocenters. The van der Waals surface area contributed by atoms with Crippen molar-refractivity contribution in [1.82, 2.24) is 4.98 Å². The van der Waals surface area contributed by atoms with E-state index in [0.29, 0.717) is 24.2 Å². The normalized spacial score (nSPS) is 14.2.